The van der Waals surface area contributed by atoms with E-state index >= 15 is 0 Å². The van der Waals surface area contributed by atoms with Crippen molar-refractivity contribution in [1.29, 1.82) is 0 Å². The molecule has 1 aliphatic heterocycles. The van der Waals surface area contributed by atoms with Gasteiger partial charge in [-0.3, -0.25) is 9.55 Å². The van der Waals surface area contributed by atoms with Crippen molar-refractivity contribution in [3.63, 3.8) is 0 Å². The molecule has 1 saturated heterocycles. The Labute approximate surface area is 141 Å². The molecule has 0 unspecified atom stereocenters. The number of thioether (sulfide) groups is 1. The Morgan fingerprint density at radius 2 is 2.08 bits per heavy atom. The summed E-state index contributed by atoms with van der Waals surface area (Å²) in [4.78, 5) is 13.1. The van der Waals surface area contributed by atoms with E-state index in [4.69, 9.17) is 4.74 Å². The van der Waals surface area contributed by atoms with E-state index in [0.29, 0.717) is 11.2 Å². The van der Waals surface area contributed by atoms with E-state index in [1.54, 1.807) is 16.8 Å². The number of rotatable bonds is 3. The molecule has 0 amide bonds. The first kappa shape index (κ1) is 15.7. The fraction of sp³-hybridized carbons (Fsp3) is 0.400. The van der Waals surface area contributed by atoms with Crippen LogP contribution in [0.1, 0.15) is 6.23 Å². The Hall–Kier alpha value is -1.78. The molecule has 0 spiro atoms. The van der Waals surface area contributed by atoms with E-state index in [1.165, 1.54) is 18.1 Å². The van der Waals surface area contributed by atoms with Crippen molar-refractivity contribution < 1.29 is 20.1 Å². The first-order valence-electron chi connectivity index (χ1n) is 7.43. The van der Waals surface area contributed by atoms with E-state index in [-0.39, 0.29) is 6.61 Å². The Morgan fingerprint density at radius 3 is 2.79 bits per heavy atom. The summed E-state index contributed by atoms with van der Waals surface area (Å²) in [7, 11) is 0. The van der Waals surface area contributed by atoms with Crippen LogP contribution in [0.15, 0.2) is 29.7 Å². The second-order valence-corrected chi connectivity index (χ2v) is 6.35. The van der Waals surface area contributed by atoms with Crippen LogP contribution in [0.5, 0.6) is 0 Å². The summed E-state index contributed by atoms with van der Waals surface area (Å²) in [6.45, 7) is -0.380. The van der Waals surface area contributed by atoms with Crippen molar-refractivity contribution >= 4 is 33.8 Å². The van der Waals surface area contributed by atoms with Gasteiger partial charge >= 0.3 is 0 Å². The van der Waals surface area contributed by atoms with Crippen LogP contribution in [0.4, 0.5) is 0 Å². The van der Waals surface area contributed by atoms with Crippen LogP contribution in [-0.2, 0) is 4.74 Å². The molecule has 8 nitrogen and oxygen atoms in total. The van der Waals surface area contributed by atoms with Gasteiger partial charge in [0, 0.05) is 6.20 Å². The van der Waals surface area contributed by atoms with E-state index < -0.39 is 24.5 Å². The van der Waals surface area contributed by atoms with Gasteiger partial charge in [0.1, 0.15) is 40.8 Å². The molecule has 0 aromatic carbocycles. The molecular weight excluding hydrogens is 332 g/mol. The standard InChI is InChI=1S/C15H16N4O4S/c1-24-14-9-10-7(3-2-4-16-10)19(13(9)17-6-18-14)15-12(22)11(21)8(5-20)23-15/h2-4,6,8,11-12,15,20-22H,5H2,1H3/t8-,11-,12-,15-/m1/s1. The smallest absolute Gasteiger partial charge is 0.165 e. The topological polar surface area (TPSA) is 114 Å². The molecule has 3 N–H and O–H groups in total. The average molecular weight is 348 g/mol. The van der Waals surface area contributed by atoms with Gasteiger partial charge in [-0.25, -0.2) is 9.97 Å². The van der Waals surface area contributed by atoms with Crippen LogP contribution in [0.2, 0.25) is 0 Å². The van der Waals surface area contributed by atoms with Crippen molar-refractivity contribution in [1.82, 2.24) is 19.5 Å². The number of ether oxygens (including phenoxy) is 1. The lowest BCUT2D eigenvalue weighted by Gasteiger charge is -2.18. The number of aromatic nitrogens is 4. The SMILES string of the molecule is CSc1ncnc2c1c1ncccc1n2[C@@H]1O[C@H](CO)[C@@H](O)[C@H]1O. The van der Waals surface area contributed by atoms with Crippen molar-refractivity contribution in [2.75, 3.05) is 12.9 Å². The zero-order valence-corrected chi connectivity index (χ0v) is 13.6. The number of nitrogens with zero attached hydrogens (tertiary/aromatic N) is 4. The molecule has 1 aliphatic rings. The molecular formula is C15H16N4O4S. The predicted molar refractivity (Wildman–Crippen MR) is 87.6 cm³/mol. The van der Waals surface area contributed by atoms with E-state index in [1.807, 2.05) is 12.3 Å². The Kier molecular flexibility index (Phi) is 3.89. The number of fused-ring (bicyclic) bond motifs is 3. The summed E-state index contributed by atoms with van der Waals surface area (Å²) < 4.78 is 7.40. The largest absolute Gasteiger partial charge is 0.394 e. The van der Waals surface area contributed by atoms with Gasteiger partial charge in [-0.15, -0.1) is 11.8 Å². The number of hydrogen-bond donors (Lipinski definition) is 3. The summed E-state index contributed by atoms with van der Waals surface area (Å²) in [5.41, 5.74) is 1.99. The maximum atomic E-state index is 10.4. The first-order valence-corrected chi connectivity index (χ1v) is 8.66. The molecule has 0 saturated carbocycles. The summed E-state index contributed by atoms with van der Waals surface area (Å²) in [5.74, 6) is 0. The molecule has 24 heavy (non-hydrogen) atoms. The molecule has 0 radical (unpaired) electrons. The zero-order valence-electron chi connectivity index (χ0n) is 12.8. The van der Waals surface area contributed by atoms with E-state index in [2.05, 4.69) is 15.0 Å². The molecule has 3 aromatic rings. The zero-order chi connectivity index (χ0) is 16.8. The minimum atomic E-state index is -1.19. The molecule has 0 bridgehead atoms. The van der Waals surface area contributed by atoms with Gasteiger partial charge < -0.3 is 20.1 Å². The lowest BCUT2D eigenvalue weighted by atomic mass is 10.1. The quantitative estimate of drug-likeness (QED) is 0.458. The highest BCUT2D eigenvalue weighted by Gasteiger charge is 2.44. The normalized spacial score (nSPS) is 27.3. The predicted octanol–water partition coefficient (Wildman–Crippen LogP) is 0.313. The second-order valence-electron chi connectivity index (χ2n) is 5.55. The monoisotopic (exact) mass is 348 g/mol. The van der Waals surface area contributed by atoms with E-state index in [9.17, 15) is 15.3 Å². The Morgan fingerprint density at radius 1 is 1.25 bits per heavy atom. The van der Waals surface area contributed by atoms with Crippen LogP contribution < -0.4 is 0 Å². The van der Waals surface area contributed by atoms with Gasteiger partial charge in [0.2, 0.25) is 0 Å². The van der Waals surface area contributed by atoms with Crippen LogP contribution in [0.25, 0.3) is 22.1 Å². The number of hydrogen-bond acceptors (Lipinski definition) is 8. The summed E-state index contributed by atoms with van der Waals surface area (Å²) in [5, 5.41) is 31.4. The highest BCUT2D eigenvalue weighted by atomic mass is 32.2. The van der Waals surface area contributed by atoms with E-state index in [0.717, 1.165) is 15.9 Å². The van der Waals surface area contributed by atoms with Gasteiger partial charge in [-0.1, -0.05) is 0 Å². The lowest BCUT2D eigenvalue weighted by Crippen LogP contribution is -2.33. The molecule has 0 aliphatic carbocycles. The minimum Gasteiger partial charge on any atom is -0.394 e. The fourth-order valence-corrected chi connectivity index (χ4v) is 3.70. The Bertz CT molecular complexity index is 902. The van der Waals surface area contributed by atoms with Gasteiger partial charge in [0.05, 0.1) is 17.5 Å². The third-order valence-corrected chi connectivity index (χ3v) is 4.96. The molecule has 9 heteroatoms. The van der Waals surface area contributed by atoms with Gasteiger partial charge in [0.25, 0.3) is 0 Å². The summed E-state index contributed by atoms with van der Waals surface area (Å²) >= 11 is 1.48. The molecule has 1 fully saturated rings. The Balaban J connectivity index is 2.01. The van der Waals surface area contributed by atoms with Crippen LogP contribution in [-0.4, -0.2) is 66.0 Å². The second kappa shape index (κ2) is 5.94. The van der Waals surface area contributed by atoms with Gasteiger partial charge in [-0.05, 0) is 18.4 Å². The van der Waals surface area contributed by atoms with Crippen molar-refractivity contribution in [3.8, 4) is 0 Å². The highest BCUT2D eigenvalue weighted by Crippen LogP contribution is 2.38. The van der Waals surface area contributed by atoms with Gasteiger partial charge in [-0.2, -0.15) is 0 Å². The number of aliphatic hydroxyl groups is 3. The molecule has 126 valence electrons. The maximum Gasteiger partial charge on any atom is 0.165 e. The maximum absolute atomic E-state index is 10.4. The molecule has 4 atom stereocenters. The summed E-state index contributed by atoms with van der Waals surface area (Å²) in [6.07, 6.45) is 0.966. The van der Waals surface area contributed by atoms with Crippen molar-refractivity contribution in [2.45, 2.75) is 29.6 Å². The summed E-state index contributed by atoms with van der Waals surface area (Å²) in [6, 6.07) is 3.63. The van der Waals surface area contributed by atoms with Crippen molar-refractivity contribution in [3.05, 3.63) is 24.7 Å². The van der Waals surface area contributed by atoms with Crippen molar-refractivity contribution in [2.24, 2.45) is 0 Å². The van der Waals surface area contributed by atoms with Crippen LogP contribution in [0, 0.1) is 0 Å². The molecule has 4 rings (SSSR count). The average Bonchev–Trinajstić information content (AvgIpc) is 3.10. The van der Waals surface area contributed by atoms with Crippen LogP contribution >= 0.6 is 11.8 Å². The first-order chi connectivity index (χ1) is 11.7. The third-order valence-electron chi connectivity index (χ3n) is 4.27. The highest BCUT2D eigenvalue weighted by molar-refractivity contribution is 7.98. The minimum absolute atomic E-state index is 0.380. The number of pyridine rings is 1. The molecule has 3 aromatic heterocycles. The lowest BCUT2D eigenvalue weighted by molar-refractivity contribution is -0.0490. The molecule has 4 heterocycles. The number of aliphatic hydroxyl groups excluding tert-OH is 3. The fourth-order valence-electron chi connectivity index (χ4n) is 3.15. The third kappa shape index (κ3) is 2.13. The van der Waals surface area contributed by atoms with Crippen LogP contribution in [0.3, 0.4) is 0 Å². The van der Waals surface area contributed by atoms with Gasteiger partial charge in [0.15, 0.2) is 6.23 Å².